The van der Waals surface area contributed by atoms with Crippen LogP contribution in [-0.2, 0) is 0 Å². The molecule has 2 aromatic rings. The van der Waals surface area contributed by atoms with Gasteiger partial charge < -0.3 is 10.3 Å². The van der Waals surface area contributed by atoms with Crippen molar-refractivity contribution in [2.24, 2.45) is 0 Å². The summed E-state index contributed by atoms with van der Waals surface area (Å²) in [5.74, 6) is 3.09. The first-order valence-corrected chi connectivity index (χ1v) is 4.09. The van der Waals surface area contributed by atoms with Gasteiger partial charge in [-0.1, -0.05) is 23.2 Å². The van der Waals surface area contributed by atoms with Crippen molar-refractivity contribution < 1.29 is 4.52 Å². The van der Waals surface area contributed by atoms with E-state index in [4.69, 9.17) is 16.7 Å². The molecular formula is C11H8N2O. The molecule has 3 nitrogen and oxygen atoms in total. The quantitative estimate of drug-likeness (QED) is 0.688. The van der Waals surface area contributed by atoms with E-state index in [-0.39, 0.29) is 0 Å². The highest BCUT2D eigenvalue weighted by atomic mass is 16.5. The molecule has 0 aliphatic rings. The topological polar surface area (TPSA) is 52.0 Å². The lowest BCUT2D eigenvalue weighted by Crippen LogP contribution is -1.87. The van der Waals surface area contributed by atoms with Crippen LogP contribution in [0.4, 0.5) is 5.69 Å². The van der Waals surface area contributed by atoms with Crippen LogP contribution in [0, 0.1) is 12.3 Å². The third-order valence-electron chi connectivity index (χ3n) is 1.93. The van der Waals surface area contributed by atoms with Crippen molar-refractivity contribution >= 4 is 5.69 Å². The molecule has 0 spiro atoms. The monoisotopic (exact) mass is 184 g/mol. The molecule has 68 valence electrons. The molecule has 0 bridgehead atoms. The highest BCUT2D eigenvalue weighted by Gasteiger charge is 2.10. The van der Waals surface area contributed by atoms with Crippen molar-refractivity contribution in [1.29, 1.82) is 0 Å². The molecule has 2 rings (SSSR count). The number of hydrogen-bond acceptors (Lipinski definition) is 3. The maximum atomic E-state index is 5.67. The number of hydrogen-bond donors (Lipinski definition) is 1. The van der Waals surface area contributed by atoms with Gasteiger partial charge in [-0.25, -0.2) is 0 Å². The molecular weight excluding hydrogens is 176 g/mol. The lowest BCUT2D eigenvalue weighted by atomic mass is 10.1. The molecule has 1 aromatic heterocycles. The van der Waals surface area contributed by atoms with E-state index in [0.29, 0.717) is 11.4 Å². The number of nitrogens with zero attached hydrogens (tertiary/aromatic N) is 1. The van der Waals surface area contributed by atoms with E-state index in [1.807, 2.05) is 24.3 Å². The van der Waals surface area contributed by atoms with Gasteiger partial charge in [-0.15, -0.1) is 6.42 Å². The van der Waals surface area contributed by atoms with Gasteiger partial charge in [-0.05, 0) is 12.1 Å². The van der Waals surface area contributed by atoms with Crippen LogP contribution in [0.5, 0.6) is 0 Å². The molecule has 1 heterocycles. The minimum absolute atomic E-state index is 0.493. The summed E-state index contributed by atoms with van der Waals surface area (Å²) in [7, 11) is 0. The predicted molar refractivity (Wildman–Crippen MR) is 54.3 cm³/mol. The normalized spacial score (nSPS) is 9.64. The Labute approximate surface area is 81.5 Å². The van der Waals surface area contributed by atoms with Crippen LogP contribution < -0.4 is 5.73 Å². The molecule has 0 amide bonds. The average molecular weight is 184 g/mol. The smallest absolute Gasteiger partial charge is 0.190 e. The maximum absolute atomic E-state index is 5.67. The molecule has 0 aliphatic carbocycles. The molecule has 0 saturated heterocycles. The largest absolute Gasteiger partial charge is 0.394 e. The number of nitrogen functional groups attached to an aromatic ring is 1. The van der Waals surface area contributed by atoms with Gasteiger partial charge in [0, 0.05) is 11.1 Å². The SMILES string of the molecule is C#Cc1ccccc1-c1oncc1N. The van der Waals surface area contributed by atoms with Gasteiger partial charge >= 0.3 is 0 Å². The number of anilines is 1. The molecule has 0 radical (unpaired) electrons. The molecule has 0 atom stereocenters. The Kier molecular flexibility index (Phi) is 1.96. The van der Waals surface area contributed by atoms with E-state index >= 15 is 0 Å². The Morgan fingerprint density at radius 1 is 1.36 bits per heavy atom. The van der Waals surface area contributed by atoms with Crippen molar-refractivity contribution in [3.8, 4) is 23.7 Å². The molecule has 3 heteroatoms. The predicted octanol–water partition coefficient (Wildman–Crippen LogP) is 1.91. The summed E-state index contributed by atoms with van der Waals surface area (Å²) in [6.07, 6.45) is 6.81. The van der Waals surface area contributed by atoms with Crippen molar-refractivity contribution in [1.82, 2.24) is 5.16 Å². The van der Waals surface area contributed by atoms with Crippen molar-refractivity contribution in [2.45, 2.75) is 0 Å². The number of nitrogens with two attached hydrogens (primary N) is 1. The Hall–Kier alpha value is -2.21. The molecule has 0 fully saturated rings. The van der Waals surface area contributed by atoms with Crippen LogP contribution in [0.2, 0.25) is 0 Å². The van der Waals surface area contributed by atoms with Gasteiger partial charge in [0.1, 0.15) is 5.69 Å². The van der Waals surface area contributed by atoms with Crippen molar-refractivity contribution in [2.75, 3.05) is 5.73 Å². The molecule has 0 saturated carbocycles. The van der Waals surface area contributed by atoms with Crippen LogP contribution >= 0.6 is 0 Å². The number of benzene rings is 1. The summed E-state index contributed by atoms with van der Waals surface area (Å²) in [5, 5.41) is 3.60. The first-order valence-electron chi connectivity index (χ1n) is 4.09. The van der Waals surface area contributed by atoms with Crippen LogP contribution in [-0.4, -0.2) is 5.16 Å². The molecule has 14 heavy (non-hydrogen) atoms. The lowest BCUT2D eigenvalue weighted by molar-refractivity contribution is 0.432. The second-order valence-electron chi connectivity index (χ2n) is 2.80. The molecule has 0 aliphatic heterocycles. The Bertz CT molecular complexity index is 494. The number of aromatic nitrogens is 1. The van der Waals surface area contributed by atoms with Crippen molar-refractivity contribution in [3.05, 3.63) is 36.0 Å². The Balaban J connectivity index is 2.64. The zero-order valence-corrected chi connectivity index (χ0v) is 7.40. The molecule has 2 N–H and O–H groups in total. The summed E-state index contributed by atoms with van der Waals surface area (Å²) in [6.45, 7) is 0. The molecule has 1 aromatic carbocycles. The van der Waals surface area contributed by atoms with E-state index in [1.54, 1.807) is 0 Å². The summed E-state index contributed by atoms with van der Waals surface area (Å²) >= 11 is 0. The number of terminal acetylenes is 1. The van der Waals surface area contributed by atoms with Gasteiger partial charge in [0.2, 0.25) is 0 Å². The van der Waals surface area contributed by atoms with E-state index < -0.39 is 0 Å². The van der Waals surface area contributed by atoms with Crippen LogP contribution in [0.3, 0.4) is 0 Å². The standard InChI is InChI=1S/C11H8N2O/c1-2-8-5-3-4-6-9(8)11-10(12)7-13-14-11/h1,3-7H,12H2. The summed E-state index contributed by atoms with van der Waals surface area (Å²) in [4.78, 5) is 0. The fraction of sp³-hybridized carbons (Fsp3) is 0. The fourth-order valence-electron chi connectivity index (χ4n) is 1.26. The lowest BCUT2D eigenvalue weighted by Gasteiger charge is -1.99. The van der Waals surface area contributed by atoms with E-state index in [2.05, 4.69) is 11.1 Å². The first-order chi connectivity index (χ1) is 6.83. The summed E-state index contributed by atoms with van der Waals surface area (Å²) in [6, 6.07) is 7.42. The van der Waals surface area contributed by atoms with Gasteiger partial charge in [0.05, 0.1) is 6.20 Å². The minimum Gasteiger partial charge on any atom is -0.394 e. The van der Waals surface area contributed by atoms with E-state index in [9.17, 15) is 0 Å². The van der Waals surface area contributed by atoms with Gasteiger partial charge in [0.25, 0.3) is 0 Å². The fourth-order valence-corrected chi connectivity index (χ4v) is 1.26. The Morgan fingerprint density at radius 3 is 2.79 bits per heavy atom. The Morgan fingerprint density at radius 2 is 2.14 bits per heavy atom. The van der Waals surface area contributed by atoms with Gasteiger partial charge in [-0.3, -0.25) is 0 Å². The summed E-state index contributed by atoms with van der Waals surface area (Å²) < 4.78 is 5.02. The minimum atomic E-state index is 0.493. The second-order valence-corrected chi connectivity index (χ2v) is 2.80. The van der Waals surface area contributed by atoms with E-state index in [0.717, 1.165) is 11.1 Å². The maximum Gasteiger partial charge on any atom is 0.190 e. The van der Waals surface area contributed by atoms with Crippen molar-refractivity contribution in [3.63, 3.8) is 0 Å². The van der Waals surface area contributed by atoms with E-state index in [1.165, 1.54) is 6.20 Å². The third-order valence-corrected chi connectivity index (χ3v) is 1.93. The summed E-state index contributed by atoms with van der Waals surface area (Å²) in [5.41, 5.74) is 7.71. The first kappa shape index (κ1) is 8.39. The average Bonchev–Trinajstić information content (AvgIpc) is 2.64. The van der Waals surface area contributed by atoms with Gasteiger partial charge in [-0.2, -0.15) is 0 Å². The molecule has 0 unspecified atom stereocenters. The zero-order valence-electron chi connectivity index (χ0n) is 7.40. The van der Waals surface area contributed by atoms with Crippen LogP contribution in [0.15, 0.2) is 35.0 Å². The highest BCUT2D eigenvalue weighted by molar-refractivity contribution is 5.75. The highest BCUT2D eigenvalue weighted by Crippen LogP contribution is 2.27. The van der Waals surface area contributed by atoms with Crippen LogP contribution in [0.1, 0.15) is 5.56 Å². The third kappa shape index (κ3) is 1.23. The zero-order chi connectivity index (χ0) is 9.97. The van der Waals surface area contributed by atoms with Crippen LogP contribution in [0.25, 0.3) is 11.3 Å². The van der Waals surface area contributed by atoms with Gasteiger partial charge in [0.15, 0.2) is 5.76 Å². The second kappa shape index (κ2) is 3.27. The number of rotatable bonds is 1.